The second-order valence-corrected chi connectivity index (χ2v) is 8.22. The molecule has 0 spiro atoms. The van der Waals surface area contributed by atoms with Crippen LogP contribution >= 0.6 is 11.3 Å². The van der Waals surface area contributed by atoms with Crippen molar-refractivity contribution in [2.75, 3.05) is 4.72 Å². The molecule has 1 N–H and O–H groups in total. The van der Waals surface area contributed by atoms with Crippen LogP contribution in [0, 0.1) is 0 Å². The number of benzene rings is 1. The van der Waals surface area contributed by atoms with E-state index in [0.717, 1.165) is 0 Å². The van der Waals surface area contributed by atoms with E-state index >= 15 is 0 Å². The fraction of sp³-hybridized carbons (Fsp3) is 0.286. The summed E-state index contributed by atoms with van der Waals surface area (Å²) in [5.74, 6) is 0. The van der Waals surface area contributed by atoms with Gasteiger partial charge in [-0.15, -0.1) is 11.3 Å². The van der Waals surface area contributed by atoms with Crippen LogP contribution < -0.4 is 4.72 Å². The third kappa shape index (κ3) is 3.36. The SMILES string of the molecule is CC(C)(C)c1ccc(NS(=O)(=O)c2cccs2)cc1. The second-order valence-electron chi connectivity index (χ2n) is 5.36. The predicted molar refractivity (Wildman–Crippen MR) is 80.3 cm³/mol. The van der Waals surface area contributed by atoms with Gasteiger partial charge in [-0.1, -0.05) is 39.0 Å². The van der Waals surface area contributed by atoms with Crippen LogP contribution in [0.1, 0.15) is 26.3 Å². The zero-order chi connectivity index (χ0) is 14.1. The van der Waals surface area contributed by atoms with Gasteiger partial charge in [0.2, 0.25) is 0 Å². The summed E-state index contributed by atoms with van der Waals surface area (Å²) in [5, 5.41) is 1.75. The van der Waals surface area contributed by atoms with Crippen LogP contribution in [0.4, 0.5) is 5.69 Å². The molecule has 102 valence electrons. The molecule has 0 aliphatic heterocycles. The molecule has 2 rings (SSSR count). The smallest absolute Gasteiger partial charge is 0.271 e. The lowest BCUT2D eigenvalue weighted by Crippen LogP contribution is -2.13. The monoisotopic (exact) mass is 295 g/mol. The zero-order valence-corrected chi connectivity index (χ0v) is 12.8. The van der Waals surface area contributed by atoms with E-state index in [1.165, 1.54) is 16.9 Å². The van der Waals surface area contributed by atoms with Crippen LogP contribution in [0.3, 0.4) is 0 Å². The van der Waals surface area contributed by atoms with Crippen LogP contribution in [0.25, 0.3) is 0 Å². The number of sulfonamides is 1. The average Bonchev–Trinajstić information content (AvgIpc) is 2.82. The highest BCUT2D eigenvalue weighted by Crippen LogP contribution is 2.25. The topological polar surface area (TPSA) is 46.2 Å². The molecule has 0 radical (unpaired) electrons. The van der Waals surface area contributed by atoms with E-state index in [1.54, 1.807) is 29.6 Å². The standard InChI is InChI=1S/C14H17NO2S2/c1-14(2,3)11-6-8-12(9-7-11)15-19(16,17)13-5-4-10-18-13/h4-10,15H,1-3H3. The lowest BCUT2D eigenvalue weighted by atomic mass is 9.87. The zero-order valence-electron chi connectivity index (χ0n) is 11.2. The van der Waals surface area contributed by atoms with Gasteiger partial charge in [0.25, 0.3) is 10.0 Å². The first-order valence-corrected chi connectivity index (χ1v) is 8.32. The predicted octanol–water partition coefficient (Wildman–Crippen LogP) is 3.85. The minimum absolute atomic E-state index is 0.0607. The van der Waals surface area contributed by atoms with Crippen molar-refractivity contribution in [2.24, 2.45) is 0 Å². The molecule has 0 aliphatic rings. The lowest BCUT2D eigenvalue weighted by Gasteiger charge is -2.19. The molecule has 3 nitrogen and oxygen atoms in total. The highest BCUT2D eigenvalue weighted by molar-refractivity contribution is 7.94. The summed E-state index contributed by atoms with van der Waals surface area (Å²) in [5.41, 5.74) is 1.82. The first kappa shape index (κ1) is 14.1. The normalized spacial score (nSPS) is 12.4. The molecule has 5 heteroatoms. The van der Waals surface area contributed by atoms with Gasteiger partial charge in [-0.2, -0.15) is 0 Å². The molecule has 1 aromatic heterocycles. The summed E-state index contributed by atoms with van der Waals surface area (Å²) < 4.78 is 27.0. The molecular weight excluding hydrogens is 278 g/mol. The fourth-order valence-corrected chi connectivity index (χ4v) is 3.71. The Morgan fingerprint density at radius 2 is 1.68 bits per heavy atom. The first-order chi connectivity index (χ1) is 8.79. The van der Waals surface area contributed by atoms with Crippen molar-refractivity contribution in [3.05, 3.63) is 47.3 Å². The number of anilines is 1. The number of thiophene rings is 1. The molecule has 0 bridgehead atoms. The van der Waals surface area contributed by atoms with Gasteiger partial charge in [-0.25, -0.2) is 8.42 Å². The maximum Gasteiger partial charge on any atom is 0.271 e. The van der Waals surface area contributed by atoms with Crippen molar-refractivity contribution in [1.82, 2.24) is 0 Å². The van der Waals surface area contributed by atoms with E-state index in [2.05, 4.69) is 25.5 Å². The van der Waals surface area contributed by atoms with Crippen LogP contribution in [0.15, 0.2) is 46.0 Å². The van der Waals surface area contributed by atoms with E-state index in [0.29, 0.717) is 9.90 Å². The molecule has 0 saturated carbocycles. The summed E-state index contributed by atoms with van der Waals surface area (Å²) in [6.07, 6.45) is 0. The van der Waals surface area contributed by atoms with Gasteiger partial charge in [0.1, 0.15) is 4.21 Å². The molecular formula is C14H17NO2S2. The summed E-state index contributed by atoms with van der Waals surface area (Å²) in [6.45, 7) is 6.37. The Bertz CT molecular complexity index is 636. The Hall–Kier alpha value is -1.33. The third-order valence-corrected chi connectivity index (χ3v) is 5.54. The molecule has 0 amide bonds. The van der Waals surface area contributed by atoms with Crippen molar-refractivity contribution >= 4 is 27.0 Å². The average molecular weight is 295 g/mol. The number of hydrogen-bond acceptors (Lipinski definition) is 3. The largest absolute Gasteiger partial charge is 0.279 e. The molecule has 0 fully saturated rings. The molecule has 0 aliphatic carbocycles. The van der Waals surface area contributed by atoms with Crippen molar-refractivity contribution in [1.29, 1.82) is 0 Å². The van der Waals surface area contributed by atoms with Gasteiger partial charge in [0.05, 0.1) is 0 Å². The summed E-state index contributed by atoms with van der Waals surface area (Å²) in [4.78, 5) is 0. The van der Waals surface area contributed by atoms with Gasteiger partial charge in [-0.3, -0.25) is 4.72 Å². The number of hydrogen-bond donors (Lipinski definition) is 1. The van der Waals surface area contributed by atoms with Gasteiger partial charge < -0.3 is 0 Å². The Labute approximate surface area is 118 Å². The van der Waals surface area contributed by atoms with E-state index in [1.807, 2.05) is 12.1 Å². The van der Waals surface area contributed by atoms with Crippen LogP contribution in [-0.4, -0.2) is 8.42 Å². The highest BCUT2D eigenvalue weighted by atomic mass is 32.2. The molecule has 0 atom stereocenters. The van der Waals surface area contributed by atoms with Crippen LogP contribution in [-0.2, 0) is 15.4 Å². The first-order valence-electron chi connectivity index (χ1n) is 5.96. The Kier molecular flexibility index (Phi) is 3.69. The molecule has 2 aromatic rings. The van der Waals surface area contributed by atoms with Crippen molar-refractivity contribution in [2.45, 2.75) is 30.4 Å². The van der Waals surface area contributed by atoms with Crippen LogP contribution in [0.5, 0.6) is 0 Å². The Morgan fingerprint density at radius 1 is 1.05 bits per heavy atom. The van der Waals surface area contributed by atoms with Gasteiger partial charge in [0.15, 0.2) is 0 Å². The summed E-state index contributed by atoms with van der Waals surface area (Å²) >= 11 is 1.21. The highest BCUT2D eigenvalue weighted by Gasteiger charge is 2.16. The second kappa shape index (κ2) is 4.98. The molecule has 0 unspecified atom stereocenters. The van der Waals surface area contributed by atoms with E-state index in [-0.39, 0.29) is 5.41 Å². The molecule has 0 saturated heterocycles. The molecule has 1 aromatic carbocycles. The minimum Gasteiger partial charge on any atom is -0.279 e. The quantitative estimate of drug-likeness (QED) is 0.935. The van der Waals surface area contributed by atoms with Crippen molar-refractivity contribution in [3.8, 4) is 0 Å². The Morgan fingerprint density at radius 3 is 2.16 bits per heavy atom. The Balaban J connectivity index is 2.21. The lowest BCUT2D eigenvalue weighted by molar-refractivity contribution is 0.590. The van der Waals surface area contributed by atoms with Gasteiger partial charge in [0, 0.05) is 5.69 Å². The maximum absolute atomic E-state index is 12.0. The minimum atomic E-state index is -3.45. The number of rotatable bonds is 3. The van der Waals surface area contributed by atoms with Crippen molar-refractivity contribution < 1.29 is 8.42 Å². The van der Waals surface area contributed by atoms with Gasteiger partial charge in [-0.05, 0) is 34.6 Å². The number of nitrogens with one attached hydrogen (secondary N) is 1. The van der Waals surface area contributed by atoms with Crippen LogP contribution in [0.2, 0.25) is 0 Å². The third-order valence-electron chi connectivity index (χ3n) is 2.76. The maximum atomic E-state index is 12.0. The summed E-state index contributed by atoms with van der Waals surface area (Å²) in [7, 11) is -3.45. The van der Waals surface area contributed by atoms with E-state index in [9.17, 15) is 8.42 Å². The summed E-state index contributed by atoms with van der Waals surface area (Å²) in [6, 6.07) is 10.8. The molecule has 1 heterocycles. The van der Waals surface area contributed by atoms with E-state index in [4.69, 9.17) is 0 Å². The fourth-order valence-electron chi connectivity index (χ4n) is 1.66. The van der Waals surface area contributed by atoms with Crippen molar-refractivity contribution in [3.63, 3.8) is 0 Å². The van der Waals surface area contributed by atoms with Gasteiger partial charge >= 0.3 is 0 Å². The molecule has 19 heavy (non-hydrogen) atoms. The van der Waals surface area contributed by atoms with E-state index < -0.39 is 10.0 Å².